The van der Waals surface area contributed by atoms with Crippen LogP contribution in [0, 0.1) is 5.92 Å². The average Bonchev–Trinajstić information content (AvgIpc) is 3.55. The predicted octanol–water partition coefficient (Wildman–Crippen LogP) is 2.86. The van der Waals surface area contributed by atoms with Crippen molar-refractivity contribution >= 4 is 23.3 Å². The van der Waals surface area contributed by atoms with E-state index in [0.717, 1.165) is 18.9 Å². The largest absolute Gasteiger partial charge is 0.417 e. The number of anilines is 1. The van der Waals surface area contributed by atoms with Gasteiger partial charge in [-0.05, 0) is 55.9 Å². The lowest BCUT2D eigenvalue weighted by atomic mass is 9.97. The number of aliphatic hydroxyl groups is 1. The molecule has 9 nitrogen and oxygen atoms in total. The van der Waals surface area contributed by atoms with Gasteiger partial charge in [0.05, 0.1) is 16.8 Å². The summed E-state index contributed by atoms with van der Waals surface area (Å²) in [6.45, 7) is 2.08. The van der Waals surface area contributed by atoms with Gasteiger partial charge in [0.15, 0.2) is 11.5 Å². The Morgan fingerprint density at radius 1 is 1.33 bits per heavy atom. The maximum Gasteiger partial charge on any atom is 0.417 e. The second-order valence-corrected chi connectivity index (χ2v) is 9.24. The van der Waals surface area contributed by atoms with E-state index < -0.39 is 23.6 Å². The minimum Gasteiger partial charge on any atom is -0.396 e. The number of fused-ring (bicyclic) bond motifs is 2. The Balaban J connectivity index is 1.57. The van der Waals surface area contributed by atoms with Crippen LogP contribution in [-0.2, 0) is 12.7 Å². The van der Waals surface area contributed by atoms with Crippen molar-refractivity contribution in [1.29, 1.82) is 0 Å². The molecule has 2 amide bonds. The highest BCUT2D eigenvalue weighted by atomic mass is 19.4. The van der Waals surface area contributed by atoms with Crippen LogP contribution in [0.1, 0.15) is 58.0 Å². The van der Waals surface area contributed by atoms with Crippen molar-refractivity contribution in [1.82, 2.24) is 24.8 Å². The SMILES string of the molecule is C[C@@H](C1CC1)N1Cc2cc(-c3ccn4nc(N)c(C(=O)NCCCO)c4n3)cc(C(F)(F)F)c2C1=O. The van der Waals surface area contributed by atoms with Crippen LogP contribution >= 0.6 is 0 Å². The van der Waals surface area contributed by atoms with Crippen molar-refractivity contribution in [2.24, 2.45) is 5.92 Å². The summed E-state index contributed by atoms with van der Waals surface area (Å²) in [6, 6.07) is 3.84. The van der Waals surface area contributed by atoms with Crippen LogP contribution < -0.4 is 11.1 Å². The van der Waals surface area contributed by atoms with Crippen molar-refractivity contribution in [2.75, 3.05) is 18.9 Å². The number of hydrogen-bond donors (Lipinski definition) is 3. The van der Waals surface area contributed by atoms with E-state index in [0.29, 0.717) is 17.9 Å². The summed E-state index contributed by atoms with van der Waals surface area (Å²) >= 11 is 0. The van der Waals surface area contributed by atoms with Gasteiger partial charge in [-0.2, -0.15) is 13.2 Å². The Bertz CT molecular complexity index is 1370. The predicted molar refractivity (Wildman–Crippen MR) is 124 cm³/mol. The quantitative estimate of drug-likeness (QED) is 0.427. The van der Waals surface area contributed by atoms with Gasteiger partial charge in [0.2, 0.25) is 0 Å². The summed E-state index contributed by atoms with van der Waals surface area (Å²) in [4.78, 5) is 31.6. The molecular weight excluding hydrogens is 477 g/mol. The van der Waals surface area contributed by atoms with E-state index in [1.165, 1.54) is 21.7 Å². The number of carbonyl (C=O) groups excluding carboxylic acids is 2. The molecule has 0 unspecified atom stereocenters. The Labute approximate surface area is 204 Å². The van der Waals surface area contributed by atoms with Crippen LogP contribution in [0.2, 0.25) is 0 Å². The molecule has 2 aromatic heterocycles. The zero-order chi connectivity index (χ0) is 25.8. The molecule has 1 atom stereocenters. The molecule has 3 heterocycles. The number of nitrogen functional groups attached to an aromatic ring is 1. The highest BCUT2D eigenvalue weighted by Gasteiger charge is 2.44. The number of rotatable bonds is 7. The van der Waals surface area contributed by atoms with Gasteiger partial charge in [-0.25, -0.2) is 9.50 Å². The molecule has 0 saturated heterocycles. The number of carbonyl (C=O) groups is 2. The summed E-state index contributed by atoms with van der Waals surface area (Å²) in [6.07, 6.45) is -1.00. The number of nitrogens with zero attached hydrogens (tertiary/aromatic N) is 4. The van der Waals surface area contributed by atoms with Crippen molar-refractivity contribution < 1.29 is 27.9 Å². The first-order valence-electron chi connectivity index (χ1n) is 11.7. The smallest absolute Gasteiger partial charge is 0.396 e. The maximum atomic E-state index is 14.1. The molecule has 1 aromatic carbocycles. The molecule has 0 radical (unpaired) electrons. The molecule has 2 aliphatic rings. The fraction of sp³-hybridized carbons (Fsp3) is 0.417. The van der Waals surface area contributed by atoms with Crippen LogP contribution in [-0.4, -0.2) is 55.6 Å². The minimum atomic E-state index is -4.74. The number of benzene rings is 1. The van der Waals surface area contributed by atoms with Crippen molar-refractivity contribution in [3.63, 3.8) is 0 Å². The maximum absolute atomic E-state index is 14.1. The van der Waals surface area contributed by atoms with E-state index >= 15 is 0 Å². The second kappa shape index (κ2) is 8.77. The first-order valence-corrected chi connectivity index (χ1v) is 11.7. The summed E-state index contributed by atoms with van der Waals surface area (Å²) in [5, 5.41) is 15.6. The molecule has 4 N–H and O–H groups in total. The van der Waals surface area contributed by atoms with E-state index in [1.54, 1.807) is 6.07 Å². The highest BCUT2D eigenvalue weighted by Crippen LogP contribution is 2.43. The molecule has 1 fully saturated rings. The lowest BCUT2D eigenvalue weighted by molar-refractivity contribution is -0.137. The monoisotopic (exact) mass is 502 g/mol. The second-order valence-electron chi connectivity index (χ2n) is 9.24. The third kappa shape index (κ3) is 4.15. The zero-order valence-electron chi connectivity index (χ0n) is 19.5. The third-order valence-electron chi connectivity index (χ3n) is 6.79. The fourth-order valence-electron chi connectivity index (χ4n) is 4.71. The molecule has 1 saturated carbocycles. The number of amides is 2. The summed E-state index contributed by atoms with van der Waals surface area (Å²) in [5.41, 5.74) is 5.34. The first-order chi connectivity index (χ1) is 17.1. The van der Waals surface area contributed by atoms with E-state index in [2.05, 4.69) is 15.4 Å². The Morgan fingerprint density at radius 2 is 2.08 bits per heavy atom. The number of nitrogens with one attached hydrogen (secondary N) is 1. The topological polar surface area (TPSA) is 126 Å². The summed E-state index contributed by atoms with van der Waals surface area (Å²) in [5.74, 6) is -0.922. The molecule has 36 heavy (non-hydrogen) atoms. The highest BCUT2D eigenvalue weighted by molar-refractivity contribution is 6.04. The molecule has 12 heteroatoms. The molecule has 0 spiro atoms. The third-order valence-corrected chi connectivity index (χ3v) is 6.79. The number of aromatic nitrogens is 3. The number of aliphatic hydroxyl groups excluding tert-OH is 1. The number of alkyl halides is 3. The van der Waals surface area contributed by atoms with Crippen LogP contribution in [0.15, 0.2) is 24.4 Å². The molecular formula is C24H25F3N6O3. The Morgan fingerprint density at radius 3 is 2.75 bits per heavy atom. The molecule has 5 rings (SSSR count). The molecule has 1 aliphatic carbocycles. The Hall–Kier alpha value is -3.67. The van der Waals surface area contributed by atoms with Crippen molar-refractivity contribution in [3.8, 4) is 11.3 Å². The van der Waals surface area contributed by atoms with Gasteiger partial charge in [-0.3, -0.25) is 9.59 Å². The van der Waals surface area contributed by atoms with Crippen LogP contribution in [0.5, 0.6) is 0 Å². The fourth-order valence-corrected chi connectivity index (χ4v) is 4.71. The normalized spacial score (nSPS) is 16.5. The van der Waals surface area contributed by atoms with Crippen LogP contribution in [0.4, 0.5) is 19.0 Å². The standard InChI is InChI=1S/C24H25F3N6O3/c1-12(13-3-4-13)32-11-15-9-14(10-16(24(25,26)27)18(15)23(32)36)17-5-7-33-21(30-17)19(20(28)31-33)22(35)29-6-2-8-34/h5,7,9-10,12-13,34H,2-4,6,8,11H2,1H3,(H2,28,31)(H,29,35)/t12-/m0/s1. The molecule has 3 aromatic rings. The van der Waals surface area contributed by atoms with Gasteiger partial charge < -0.3 is 21.1 Å². The van der Waals surface area contributed by atoms with Crippen LogP contribution in [0.25, 0.3) is 16.9 Å². The lowest BCUT2D eigenvalue weighted by Crippen LogP contribution is -2.35. The van der Waals surface area contributed by atoms with Gasteiger partial charge in [-0.1, -0.05) is 0 Å². The van der Waals surface area contributed by atoms with E-state index in [9.17, 15) is 22.8 Å². The average molecular weight is 502 g/mol. The molecule has 1 aliphatic heterocycles. The number of hydrogen-bond acceptors (Lipinski definition) is 6. The van der Waals surface area contributed by atoms with Gasteiger partial charge >= 0.3 is 6.18 Å². The van der Waals surface area contributed by atoms with Gasteiger partial charge in [0.25, 0.3) is 11.8 Å². The Kier molecular flexibility index (Phi) is 5.86. The lowest BCUT2D eigenvalue weighted by Gasteiger charge is -2.24. The van der Waals surface area contributed by atoms with Gasteiger partial charge in [0.1, 0.15) is 5.56 Å². The zero-order valence-corrected chi connectivity index (χ0v) is 19.5. The van der Waals surface area contributed by atoms with Gasteiger partial charge in [0, 0.05) is 37.5 Å². The van der Waals surface area contributed by atoms with Crippen LogP contribution in [0.3, 0.4) is 0 Å². The van der Waals surface area contributed by atoms with Gasteiger partial charge in [-0.15, -0.1) is 5.10 Å². The van der Waals surface area contributed by atoms with Crippen molar-refractivity contribution in [2.45, 2.75) is 44.9 Å². The molecule has 190 valence electrons. The summed E-state index contributed by atoms with van der Waals surface area (Å²) < 4.78 is 43.6. The van der Waals surface area contributed by atoms with E-state index in [-0.39, 0.29) is 59.6 Å². The summed E-state index contributed by atoms with van der Waals surface area (Å²) in [7, 11) is 0. The number of nitrogens with two attached hydrogens (primary N) is 1. The number of halogens is 3. The minimum absolute atomic E-state index is 0.00777. The van der Waals surface area contributed by atoms with E-state index in [4.69, 9.17) is 10.8 Å². The van der Waals surface area contributed by atoms with E-state index in [1.807, 2.05) is 6.92 Å². The first kappa shape index (κ1) is 24.0. The van der Waals surface area contributed by atoms with Crippen molar-refractivity contribution in [3.05, 3.63) is 46.6 Å². The molecule has 0 bridgehead atoms.